The Kier molecular flexibility index (Phi) is 4.12. The molecule has 0 saturated carbocycles. The van der Waals surface area contributed by atoms with E-state index in [4.69, 9.17) is 11.6 Å². The molecule has 1 N–H and O–H groups in total. The second-order valence-electron chi connectivity index (χ2n) is 2.21. The topological polar surface area (TPSA) is 12.0 Å². The quantitative estimate of drug-likeness (QED) is 0.543. The van der Waals surface area contributed by atoms with E-state index in [9.17, 15) is 0 Å². The predicted molar refractivity (Wildman–Crippen MR) is 53.4 cm³/mol. The maximum atomic E-state index is 5.38. The summed E-state index contributed by atoms with van der Waals surface area (Å²) in [5, 5.41) is 3.15. The van der Waals surface area contributed by atoms with E-state index in [0.717, 1.165) is 5.69 Å². The number of rotatable bonds is 2. The van der Waals surface area contributed by atoms with Crippen molar-refractivity contribution in [2.45, 2.75) is 0 Å². The van der Waals surface area contributed by atoms with Crippen molar-refractivity contribution in [3.63, 3.8) is 0 Å². The van der Waals surface area contributed by atoms with Gasteiger partial charge in [-0.15, -0.1) is 11.6 Å². The summed E-state index contributed by atoms with van der Waals surface area (Å²) in [6.45, 7) is 0.650. The molecule has 0 unspecified atom stereocenters. The lowest BCUT2D eigenvalue weighted by Gasteiger charge is -1.99. The maximum absolute atomic E-state index is 5.38. The number of hydrogen-bond acceptors (Lipinski definition) is 1. The van der Waals surface area contributed by atoms with Gasteiger partial charge in [0.15, 0.2) is 0 Å². The van der Waals surface area contributed by atoms with Crippen LogP contribution in [0.15, 0.2) is 30.3 Å². The van der Waals surface area contributed by atoms with Gasteiger partial charge in [0.25, 0.3) is 0 Å². The first-order chi connectivity index (χ1) is 5.93. The molecule has 0 aromatic heterocycles. The van der Waals surface area contributed by atoms with Gasteiger partial charge in [-0.2, -0.15) is 0 Å². The number of anilines is 1. The lowest BCUT2D eigenvalue weighted by molar-refractivity contribution is 1.38. The number of benzene rings is 1. The summed E-state index contributed by atoms with van der Waals surface area (Å²) in [5.74, 6) is 6.06. The van der Waals surface area contributed by atoms with Gasteiger partial charge in [0.1, 0.15) is 0 Å². The molecule has 1 nitrogen and oxygen atoms in total. The minimum absolute atomic E-state index is 0.399. The number of para-hydroxylation sites is 1. The van der Waals surface area contributed by atoms with Gasteiger partial charge in [-0.05, 0) is 12.1 Å². The number of alkyl halides is 1. The first-order valence-corrected chi connectivity index (χ1v) is 4.27. The van der Waals surface area contributed by atoms with Crippen LogP contribution < -0.4 is 5.32 Å². The molecule has 0 atom stereocenters. The van der Waals surface area contributed by atoms with Crippen LogP contribution >= 0.6 is 11.6 Å². The van der Waals surface area contributed by atoms with Gasteiger partial charge in [0.05, 0.1) is 12.4 Å². The molecule has 12 heavy (non-hydrogen) atoms. The van der Waals surface area contributed by atoms with E-state index < -0.39 is 0 Å². The molecule has 0 aliphatic heterocycles. The van der Waals surface area contributed by atoms with Crippen LogP contribution in [-0.2, 0) is 0 Å². The van der Waals surface area contributed by atoms with Crippen LogP contribution in [0.25, 0.3) is 0 Å². The Morgan fingerprint density at radius 2 is 1.92 bits per heavy atom. The largest absolute Gasteiger partial charge is 0.374 e. The van der Waals surface area contributed by atoms with Crippen molar-refractivity contribution in [3.8, 4) is 11.8 Å². The SMILES string of the molecule is ClCC#CCNc1ccccc1. The van der Waals surface area contributed by atoms with Crippen molar-refractivity contribution in [2.24, 2.45) is 0 Å². The van der Waals surface area contributed by atoms with E-state index in [0.29, 0.717) is 12.4 Å². The highest BCUT2D eigenvalue weighted by atomic mass is 35.5. The highest BCUT2D eigenvalue weighted by molar-refractivity contribution is 6.19. The molecule has 2 heteroatoms. The van der Waals surface area contributed by atoms with Gasteiger partial charge >= 0.3 is 0 Å². The average molecular weight is 180 g/mol. The maximum Gasteiger partial charge on any atom is 0.0835 e. The third-order valence-corrected chi connectivity index (χ3v) is 1.48. The molecule has 0 aliphatic carbocycles. The zero-order valence-electron chi connectivity index (χ0n) is 6.68. The van der Waals surface area contributed by atoms with E-state index in [1.54, 1.807) is 0 Å². The van der Waals surface area contributed by atoms with Crippen LogP contribution in [0, 0.1) is 11.8 Å². The third kappa shape index (κ3) is 3.32. The Balaban J connectivity index is 2.34. The summed E-state index contributed by atoms with van der Waals surface area (Å²) in [4.78, 5) is 0. The second kappa shape index (κ2) is 5.51. The normalized spacial score (nSPS) is 8.42. The Hall–Kier alpha value is -1.13. The fraction of sp³-hybridized carbons (Fsp3) is 0.200. The van der Waals surface area contributed by atoms with Crippen LogP contribution in [0.3, 0.4) is 0 Å². The van der Waals surface area contributed by atoms with E-state index in [-0.39, 0.29) is 0 Å². The Labute approximate surface area is 77.7 Å². The third-order valence-electron chi connectivity index (χ3n) is 1.35. The molecule has 0 saturated heterocycles. The fourth-order valence-corrected chi connectivity index (χ4v) is 0.906. The lowest BCUT2D eigenvalue weighted by atomic mass is 10.3. The van der Waals surface area contributed by atoms with Crippen molar-refractivity contribution in [2.75, 3.05) is 17.7 Å². The van der Waals surface area contributed by atoms with E-state index in [2.05, 4.69) is 17.2 Å². The molecule has 0 heterocycles. The highest BCUT2D eigenvalue weighted by Gasteiger charge is 1.83. The lowest BCUT2D eigenvalue weighted by Crippen LogP contribution is -1.97. The Bertz CT molecular complexity index is 271. The van der Waals surface area contributed by atoms with Gasteiger partial charge in [-0.1, -0.05) is 30.0 Å². The smallest absolute Gasteiger partial charge is 0.0835 e. The van der Waals surface area contributed by atoms with Gasteiger partial charge in [-0.25, -0.2) is 0 Å². The average Bonchev–Trinajstić information content (AvgIpc) is 2.14. The molecule has 0 aliphatic rings. The zero-order chi connectivity index (χ0) is 8.65. The van der Waals surface area contributed by atoms with E-state index >= 15 is 0 Å². The molecule has 0 bridgehead atoms. The Morgan fingerprint density at radius 1 is 1.17 bits per heavy atom. The summed E-state index contributed by atoms with van der Waals surface area (Å²) in [5.41, 5.74) is 1.08. The monoisotopic (exact) mass is 179 g/mol. The summed E-state index contributed by atoms with van der Waals surface area (Å²) >= 11 is 5.38. The number of nitrogens with one attached hydrogen (secondary N) is 1. The minimum atomic E-state index is 0.399. The fourth-order valence-electron chi connectivity index (χ4n) is 0.812. The first-order valence-electron chi connectivity index (χ1n) is 3.74. The van der Waals surface area contributed by atoms with E-state index in [1.165, 1.54) is 0 Å². The van der Waals surface area contributed by atoms with Crippen LogP contribution in [-0.4, -0.2) is 12.4 Å². The standard InChI is InChI=1S/C10H10ClN/c11-8-4-5-9-12-10-6-2-1-3-7-10/h1-3,6-7,12H,8-9H2. The highest BCUT2D eigenvalue weighted by Crippen LogP contribution is 2.03. The predicted octanol–water partition coefficient (Wildman–Crippen LogP) is 2.34. The van der Waals surface area contributed by atoms with Gasteiger partial charge in [0, 0.05) is 5.69 Å². The van der Waals surface area contributed by atoms with Gasteiger partial charge in [0.2, 0.25) is 0 Å². The molecule has 62 valence electrons. The molecular formula is C10H10ClN. The van der Waals surface area contributed by atoms with Crippen molar-refractivity contribution >= 4 is 17.3 Å². The van der Waals surface area contributed by atoms with Crippen molar-refractivity contribution in [3.05, 3.63) is 30.3 Å². The van der Waals surface area contributed by atoms with Crippen molar-refractivity contribution in [1.82, 2.24) is 0 Å². The molecule has 0 amide bonds. The minimum Gasteiger partial charge on any atom is -0.374 e. The van der Waals surface area contributed by atoms with Crippen LogP contribution in [0.1, 0.15) is 0 Å². The summed E-state index contributed by atoms with van der Waals surface area (Å²) < 4.78 is 0. The molecule has 1 aromatic rings. The number of halogens is 1. The van der Waals surface area contributed by atoms with Gasteiger partial charge in [-0.3, -0.25) is 0 Å². The summed E-state index contributed by atoms with van der Waals surface area (Å²) in [6, 6.07) is 9.95. The summed E-state index contributed by atoms with van der Waals surface area (Å²) in [7, 11) is 0. The molecular weight excluding hydrogens is 170 g/mol. The Morgan fingerprint density at radius 3 is 2.58 bits per heavy atom. The molecule has 0 spiro atoms. The molecule has 0 fully saturated rings. The van der Waals surface area contributed by atoms with Crippen LogP contribution in [0.5, 0.6) is 0 Å². The molecule has 0 radical (unpaired) electrons. The first kappa shape index (κ1) is 8.96. The van der Waals surface area contributed by atoms with Crippen molar-refractivity contribution < 1.29 is 0 Å². The van der Waals surface area contributed by atoms with Crippen molar-refractivity contribution in [1.29, 1.82) is 0 Å². The molecule has 1 aromatic carbocycles. The van der Waals surface area contributed by atoms with E-state index in [1.807, 2.05) is 30.3 Å². The second-order valence-corrected chi connectivity index (χ2v) is 2.47. The zero-order valence-corrected chi connectivity index (χ0v) is 7.43. The molecule has 1 rings (SSSR count). The van der Waals surface area contributed by atoms with Crippen LogP contribution in [0.4, 0.5) is 5.69 Å². The van der Waals surface area contributed by atoms with Gasteiger partial charge < -0.3 is 5.32 Å². The van der Waals surface area contributed by atoms with Crippen LogP contribution in [0.2, 0.25) is 0 Å². The number of hydrogen-bond donors (Lipinski definition) is 1. The summed E-state index contributed by atoms with van der Waals surface area (Å²) in [6.07, 6.45) is 0.